The lowest BCUT2D eigenvalue weighted by Gasteiger charge is -2.31. The predicted molar refractivity (Wildman–Crippen MR) is 110 cm³/mol. The van der Waals surface area contributed by atoms with E-state index >= 15 is 0 Å². The standard InChI is InChI=1S/C21H24Cl2N2O2/c1-21(2,3)12-25-17-9-8-13(22)10-15(17)19(27-18(11-24)20(25)26)14-6-4-5-7-16(14)23/h4-10,18-19H,11-12,24H2,1-3H3/t18-,19-/m0/s1. The summed E-state index contributed by atoms with van der Waals surface area (Å²) in [4.78, 5) is 15.0. The fraction of sp³-hybridized carbons (Fsp3) is 0.381. The summed E-state index contributed by atoms with van der Waals surface area (Å²) < 4.78 is 6.21. The molecule has 0 saturated carbocycles. The Morgan fingerprint density at radius 2 is 1.81 bits per heavy atom. The molecule has 1 aliphatic heterocycles. The molecule has 0 fully saturated rings. The molecular weight excluding hydrogens is 383 g/mol. The first-order chi connectivity index (χ1) is 12.7. The molecule has 0 unspecified atom stereocenters. The molecule has 27 heavy (non-hydrogen) atoms. The van der Waals surface area contributed by atoms with Crippen molar-refractivity contribution in [1.29, 1.82) is 0 Å². The lowest BCUT2D eigenvalue weighted by Crippen LogP contribution is -2.46. The third-order valence-corrected chi connectivity index (χ3v) is 5.02. The lowest BCUT2D eigenvalue weighted by atomic mass is 9.94. The van der Waals surface area contributed by atoms with Crippen LogP contribution in [0.5, 0.6) is 0 Å². The van der Waals surface area contributed by atoms with E-state index in [1.165, 1.54) is 0 Å². The molecule has 3 rings (SSSR count). The maximum Gasteiger partial charge on any atom is 0.257 e. The van der Waals surface area contributed by atoms with Crippen molar-refractivity contribution in [3.05, 3.63) is 63.6 Å². The Hall–Kier alpha value is -1.59. The molecule has 0 spiro atoms. The second-order valence-electron chi connectivity index (χ2n) is 7.95. The molecule has 0 aromatic heterocycles. The van der Waals surface area contributed by atoms with Crippen LogP contribution in [0.25, 0.3) is 0 Å². The molecule has 6 heteroatoms. The Labute approximate surface area is 170 Å². The van der Waals surface area contributed by atoms with Gasteiger partial charge < -0.3 is 15.4 Å². The maximum absolute atomic E-state index is 13.2. The van der Waals surface area contributed by atoms with E-state index in [4.69, 9.17) is 33.7 Å². The minimum absolute atomic E-state index is 0.0855. The summed E-state index contributed by atoms with van der Waals surface area (Å²) in [5.74, 6) is -0.148. The molecule has 144 valence electrons. The number of ether oxygens (including phenoxy) is 1. The van der Waals surface area contributed by atoms with Gasteiger partial charge in [0.15, 0.2) is 0 Å². The second-order valence-corrected chi connectivity index (χ2v) is 8.79. The number of anilines is 1. The Morgan fingerprint density at radius 1 is 1.11 bits per heavy atom. The first-order valence-corrected chi connectivity index (χ1v) is 9.67. The van der Waals surface area contributed by atoms with Gasteiger partial charge in [0.2, 0.25) is 0 Å². The van der Waals surface area contributed by atoms with Gasteiger partial charge in [0, 0.05) is 39.9 Å². The Morgan fingerprint density at radius 3 is 2.44 bits per heavy atom. The monoisotopic (exact) mass is 406 g/mol. The van der Waals surface area contributed by atoms with Gasteiger partial charge in [-0.15, -0.1) is 0 Å². The Balaban J connectivity index is 2.21. The zero-order chi connectivity index (χ0) is 19.8. The number of hydrogen-bond acceptors (Lipinski definition) is 3. The highest BCUT2D eigenvalue weighted by Gasteiger charge is 2.37. The Kier molecular flexibility index (Phi) is 5.82. The van der Waals surface area contributed by atoms with Gasteiger partial charge in [-0.1, -0.05) is 62.2 Å². The number of amides is 1. The van der Waals surface area contributed by atoms with Crippen LogP contribution in [0.3, 0.4) is 0 Å². The summed E-state index contributed by atoms with van der Waals surface area (Å²) >= 11 is 12.7. The van der Waals surface area contributed by atoms with E-state index in [0.717, 1.165) is 16.8 Å². The van der Waals surface area contributed by atoms with Crippen LogP contribution in [0.2, 0.25) is 10.0 Å². The summed E-state index contributed by atoms with van der Waals surface area (Å²) in [6, 6.07) is 13.0. The summed E-state index contributed by atoms with van der Waals surface area (Å²) in [7, 11) is 0. The minimum Gasteiger partial charge on any atom is -0.354 e. The molecule has 0 saturated heterocycles. The molecule has 0 radical (unpaired) electrons. The number of fused-ring (bicyclic) bond motifs is 1. The van der Waals surface area contributed by atoms with Crippen LogP contribution in [-0.2, 0) is 9.53 Å². The first kappa shape index (κ1) is 20.2. The Bertz CT molecular complexity index is 848. The van der Waals surface area contributed by atoms with Gasteiger partial charge >= 0.3 is 0 Å². The molecule has 1 heterocycles. The van der Waals surface area contributed by atoms with Gasteiger partial charge in [0.05, 0.1) is 0 Å². The molecule has 2 aromatic rings. The highest BCUT2D eigenvalue weighted by Crippen LogP contribution is 2.42. The third-order valence-electron chi connectivity index (χ3n) is 4.44. The number of nitrogens with two attached hydrogens (primary N) is 1. The largest absolute Gasteiger partial charge is 0.354 e. The van der Waals surface area contributed by atoms with Gasteiger partial charge in [-0.2, -0.15) is 0 Å². The molecule has 0 aliphatic carbocycles. The number of hydrogen-bond donors (Lipinski definition) is 1. The summed E-state index contributed by atoms with van der Waals surface area (Å²) in [6.07, 6.45) is -1.30. The van der Waals surface area contributed by atoms with Crippen molar-refractivity contribution in [3.63, 3.8) is 0 Å². The number of nitrogens with zero attached hydrogens (tertiary/aromatic N) is 1. The van der Waals surface area contributed by atoms with E-state index < -0.39 is 12.2 Å². The summed E-state index contributed by atoms with van der Waals surface area (Å²) in [6.45, 7) is 6.89. The van der Waals surface area contributed by atoms with Gasteiger partial charge in [-0.05, 0) is 29.7 Å². The lowest BCUT2D eigenvalue weighted by molar-refractivity contribution is -0.131. The summed E-state index contributed by atoms with van der Waals surface area (Å²) in [5, 5.41) is 1.14. The van der Waals surface area contributed by atoms with E-state index in [2.05, 4.69) is 20.8 Å². The van der Waals surface area contributed by atoms with Gasteiger partial charge in [0.25, 0.3) is 5.91 Å². The predicted octanol–water partition coefficient (Wildman–Crippen LogP) is 4.82. The highest BCUT2D eigenvalue weighted by atomic mass is 35.5. The second kappa shape index (κ2) is 7.80. The van der Waals surface area contributed by atoms with Crippen molar-refractivity contribution in [2.45, 2.75) is 33.0 Å². The molecule has 1 aliphatic rings. The van der Waals surface area contributed by atoms with Crippen LogP contribution >= 0.6 is 23.2 Å². The molecule has 4 nitrogen and oxygen atoms in total. The maximum atomic E-state index is 13.2. The van der Waals surface area contributed by atoms with Crippen LogP contribution in [-0.4, -0.2) is 25.1 Å². The molecule has 2 aromatic carbocycles. The van der Waals surface area contributed by atoms with Gasteiger partial charge in [0.1, 0.15) is 12.2 Å². The van der Waals surface area contributed by atoms with E-state index in [-0.39, 0.29) is 17.9 Å². The molecule has 2 atom stereocenters. The zero-order valence-corrected chi connectivity index (χ0v) is 17.2. The third kappa shape index (κ3) is 4.30. The minimum atomic E-state index is -0.764. The number of rotatable bonds is 3. The highest BCUT2D eigenvalue weighted by molar-refractivity contribution is 6.31. The number of halogens is 2. The average Bonchev–Trinajstić information content (AvgIpc) is 2.70. The number of carbonyl (C=O) groups excluding carboxylic acids is 1. The van der Waals surface area contributed by atoms with E-state index in [1.807, 2.05) is 36.4 Å². The van der Waals surface area contributed by atoms with Crippen molar-refractivity contribution in [1.82, 2.24) is 0 Å². The van der Waals surface area contributed by atoms with Crippen molar-refractivity contribution in [2.24, 2.45) is 11.1 Å². The van der Waals surface area contributed by atoms with Gasteiger partial charge in [-0.25, -0.2) is 0 Å². The number of carbonyl (C=O) groups is 1. The first-order valence-electron chi connectivity index (χ1n) is 8.92. The average molecular weight is 407 g/mol. The quantitative estimate of drug-likeness (QED) is 0.794. The summed E-state index contributed by atoms with van der Waals surface area (Å²) in [5.41, 5.74) is 8.17. The zero-order valence-electron chi connectivity index (χ0n) is 15.7. The normalized spacial score (nSPS) is 20.4. The number of benzene rings is 2. The van der Waals surface area contributed by atoms with Crippen LogP contribution in [0.15, 0.2) is 42.5 Å². The smallest absolute Gasteiger partial charge is 0.257 e. The fourth-order valence-electron chi connectivity index (χ4n) is 3.29. The molecule has 2 N–H and O–H groups in total. The van der Waals surface area contributed by atoms with Crippen LogP contribution in [0.4, 0.5) is 5.69 Å². The molecule has 1 amide bonds. The molecular formula is C21H24Cl2N2O2. The molecule has 0 bridgehead atoms. The van der Waals surface area contributed by atoms with Gasteiger partial charge in [-0.3, -0.25) is 4.79 Å². The van der Waals surface area contributed by atoms with Crippen molar-refractivity contribution >= 4 is 34.8 Å². The van der Waals surface area contributed by atoms with Crippen molar-refractivity contribution in [2.75, 3.05) is 18.0 Å². The topological polar surface area (TPSA) is 55.6 Å². The fourth-order valence-corrected chi connectivity index (χ4v) is 3.71. The SMILES string of the molecule is CC(C)(C)CN1C(=O)[C@H](CN)O[C@@H](c2ccccc2Cl)c2cc(Cl)ccc21. The van der Waals surface area contributed by atoms with E-state index in [9.17, 15) is 4.79 Å². The van der Waals surface area contributed by atoms with Crippen molar-refractivity contribution < 1.29 is 9.53 Å². The van der Waals surface area contributed by atoms with E-state index in [0.29, 0.717) is 16.6 Å². The van der Waals surface area contributed by atoms with Crippen LogP contribution in [0.1, 0.15) is 38.0 Å². The van der Waals surface area contributed by atoms with Crippen molar-refractivity contribution in [3.8, 4) is 0 Å². The van der Waals surface area contributed by atoms with E-state index in [1.54, 1.807) is 11.0 Å². The van der Waals surface area contributed by atoms with Crippen LogP contribution in [0, 0.1) is 5.41 Å². The van der Waals surface area contributed by atoms with Crippen LogP contribution < -0.4 is 10.6 Å².